The third kappa shape index (κ3) is 12.3. The van der Waals surface area contributed by atoms with E-state index in [0.717, 1.165) is 6.42 Å². The highest BCUT2D eigenvalue weighted by molar-refractivity contribution is 5.78. The topological polar surface area (TPSA) is 66.0 Å². The first-order valence-corrected chi connectivity index (χ1v) is 7.22. The molecule has 1 amide bonds. The highest BCUT2D eigenvalue weighted by atomic mass is 16.6. The standard InChI is InChI=1S/C14H29NO5/c1-4-13(2)14(16)15-5-6-18-9-10-20-12-11-19-8-7-17-3/h13H,4-12H2,1-3H3,(H,15,16). The number of hydrogen-bond acceptors (Lipinski definition) is 5. The highest BCUT2D eigenvalue weighted by Gasteiger charge is 2.08. The summed E-state index contributed by atoms with van der Waals surface area (Å²) in [6, 6.07) is 0. The molecule has 6 nitrogen and oxygen atoms in total. The maximum atomic E-state index is 11.4. The van der Waals surface area contributed by atoms with Crippen LogP contribution in [-0.2, 0) is 23.7 Å². The number of amides is 1. The quantitative estimate of drug-likeness (QED) is 0.481. The summed E-state index contributed by atoms with van der Waals surface area (Å²) in [5, 5.41) is 2.83. The molecule has 0 aliphatic heterocycles. The molecule has 0 rings (SSSR count). The fourth-order valence-electron chi connectivity index (χ4n) is 1.29. The molecule has 1 N–H and O–H groups in total. The van der Waals surface area contributed by atoms with Gasteiger partial charge in [-0.15, -0.1) is 0 Å². The first-order chi connectivity index (χ1) is 9.72. The van der Waals surface area contributed by atoms with E-state index < -0.39 is 0 Å². The van der Waals surface area contributed by atoms with Gasteiger partial charge in [0.15, 0.2) is 0 Å². The third-order valence-electron chi connectivity index (χ3n) is 2.78. The van der Waals surface area contributed by atoms with E-state index in [1.54, 1.807) is 7.11 Å². The van der Waals surface area contributed by atoms with Gasteiger partial charge in [-0.1, -0.05) is 13.8 Å². The van der Waals surface area contributed by atoms with Crippen molar-refractivity contribution < 1.29 is 23.7 Å². The van der Waals surface area contributed by atoms with E-state index in [1.807, 2.05) is 13.8 Å². The average Bonchev–Trinajstić information content (AvgIpc) is 2.47. The average molecular weight is 291 g/mol. The Labute approximate surface area is 122 Å². The monoisotopic (exact) mass is 291 g/mol. The lowest BCUT2D eigenvalue weighted by molar-refractivity contribution is -0.124. The van der Waals surface area contributed by atoms with Crippen molar-refractivity contribution in [3.05, 3.63) is 0 Å². The molecule has 0 spiro atoms. The number of carbonyl (C=O) groups excluding carboxylic acids is 1. The van der Waals surface area contributed by atoms with Crippen LogP contribution >= 0.6 is 0 Å². The van der Waals surface area contributed by atoms with Gasteiger partial charge in [0.2, 0.25) is 5.91 Å². The zero-order chi connectivity index (χ0) is 15.1. The van der Waals surface area contributed by atoms with Crippen LogP contribution in [0.2, 0.25) is 0 Å². The fraction of sp³-hybridized carbons (Fsp3) is 0.929. The number of methoxy groups -OCH3 is 1. The van der Waals surface area contributed by atoms with Crippen molar-refractivity contribution in [1.82, 2.24) is 5.32 Å². The van der Waals surface area contributed by atoms with Gasteiger partial charge in [-0.05, 0) is 6.42 Å². The van der Waals surface area contributed by atoms with Crippen LogP contribution in [0, 0.1) is 5.92 Å². The molecule has 0 aromatic heterocycles. The van der Waals surface area contributed by atoms with Gasteiger partial charge in [0.1, 0.15) is 0 Å². The molecule has 0 fully saturated rings. The van der Waals surface area contributed by atoms with E-state index in [4.69, 9.17) is 18.9 Å². The van der Waals surface area contributed by atoms with Crippen molar-refractivity contribution in [3.8, 4) is 0 Å². The summed E-state index contributed by atoms with van der Waals surface area (Å²) in [6.07, 6.45) is 0.854. The van der Waals surface area contributed by atoms with Crippen molar-refractivity contribution in [2.75, 3.05) is 59.9 Å². The zero-order valence-electron chi connectivity index (χ0n) is 13.0. The maximum absolute atomic E-state index is 11.4. The smallest absolute Gasteiger partial charge is 0.222 e. The Kier molecular flexibility index (Phi) is 14.2. The van der Waals surface area contributed by atoms with Crippen molar-refractivity contribution >= 4 is 5.91 Å². The van der Waals surface area contributed by atoms with Crippen LogP contribution < -0.4 is 5.32 Å². The fourth-order valence-corrected chi connectivity index (χ4v) is 1.29. The molecule has 20 heavy (non-hydrogen) atoms. The predicted octanol–water partition coefficient (Wildman–Crippen LogP) is 0.845. The summed E-state index contributed by atoms with van der Waals surface area (Å²) in [5.74, 6) is 0.150. The van der Waals surface area contributed by atoms with Crippen molar-refractivity contribution in [2.45, 2.75) is 20.3 Å². The molecule has 1 atom stereocenters. The van der Waals surface area contributed by atoms with Gasteiger partial charge >= 0.3 is 0 Å². The first-order valence-electron chi connectivity index (χ1n) is 7.22. The molecule has 1 unspecified atom stereocenters. The number of rotatable bonds is 14. The van der Waals surface area contributed by atoms with Crippen LogP contribution in [-0.4, -0.2) is 65.8 Å². The molecular weight excluding hydrogens is 262 g/mol. The van der Waals surface area contributed by atoms with Gasteiger partial charge in [0, 0.05) is 19.6 Å². The molecule has 6 heteroatoms. The molecule has 0 heterocycles. The first kappa shape index (κ1) is 19.3. The molecule has 0 saturated carbocycles. The second-order valence-electron chi connectivity index (χ2n) is 4.43. The number of nitrogens with one attached hydrogen (secondary N) is 1. The Morgan fingerprint density at radius 3 is 1.95 bits per heavy atom. The summed E-state index contributed by atoms with van der Waals surface area (Å²) >= 11 is 0. The Hall–Kier alpha value is -0.690. The van der Waals surface area contributed by atoms with Crippen LogP contribution in [0.4, 0.5) is 0 Å². The van der Waals surface area contributed by atoms with Gasteiger partial charge in [-0.3, -0.25) is 4.79 Å². The minimum absolute atomic E-state index is 0.0661. The van der Waals surface area contributed by atoms with Crippen LogP contribution in [0.25, 0.3) is 0 Å². The number of hydrogen-bond donors (Lipinski definition) is 1. The van der Waals surface area contributed by atoms with Gasteiger partial charge in [0.05, 0.1) is 46.2 Å². The summed E-state index contributed by atoms with van der Waals surface area (Å²) in [4.78, 5) is 11.4. The Balaban J connectivity index is 3.11. The summed E-state index contributed by atoms with van der Waals surface area (Å²) in [5.41, 5.74) is 0. The van der Waals surface area contributed by atoms with Gasteiger partial charge < -0.3 is 24.3 Å². The summed E-state index contributed by atoms with van der Waals surface area (Å²) in [6.45, 7) is 8.34. The molecule has 0 aliphatic carbocycles. The molecule has 0 bridgehead atoms. The molecule has 0 aliphatic rings. The second kappa shape index (κ2) is 14.7. The Morgan fingerprint density at radius 1 is 0.950 bits per heavy atom. The predicted molar refractivity (Wildman–Crippen MR) is 76.8 cm³/mol. The molecule has 0 aromatic carbocycles. The van der Waals surface area contributed by atoms with E-state index in [-0.39, 0.29) is 11.8 Å². The van der Waals surface area contributed by atoms with E-state index in [0.29, 0.717) is 52.8 Å². The van der Waals surface area contributed by atoms with E-state index in [1.165, 1.54) is 0 Å². The molecular formula is C14H29NO5. The van der Waals surface area contributed by atoms with Crippen molar-refractivity contribution in [1.29, 1.82) is 0 Å². The largest absolute Gasteiger partial charge is 0.382 e. The van der Waals surface area contributed by atoms with Crippen LogP contribution in [0.3, 0.4) is 0 Å². The number of ether oxygens (including phenoxy) is 4. The van der Waals surface area contributed by atoms with E-state index in [9.17, 15) is 4.79 Å². The van der Waals surface area contributed by atoms with Crippen LogP contribution in [0.1, 0.15) is 20.3 Å². The van der Waals surface area contributed by atoms with Gasteiger partial charge in [0.25, 0.3) is 0 Å². The van der Waals surface area contributed by atoms with Crippen molar-refractivity contribution in [3.63, 3.8) is 0 Å². The lowest BCUT2D eigenvalue weighted by Gasteiger charge is -2.10. The lowest BCUT2D eigenvalue weighted by Crippen LogP contribution is -2.31. The van der Waals surface area contributed by atoms with Gasteiger partial charge in [-0.25, -0.2) is 0 Å². The van der Waals surface area contributed by atoms with E-state index in [2.05, 4.69) is 5.32 Å². The van der Waals surface area contributed by atoms with Crippen LogP contribution in [0.15, 0.2) is 0 Å². The normalized spacial score (nSPS) is 12.3. The lowest BCUT2D eigenvalue weighted by atomic mass is 10.1. The zero-order valence-corrected chi connectivity index (χ0v) is 13.0. The minimum Gasteiger partial charge on any atom is -0.382 e. The van der Waals surface area contributed by atoms with Gasteiger partial charge in [-0.2, -0.15) is 0 Å². The molecule has 0 saturated heterocycles. The second-order valence-corrected chi connectivity index (χ2v) is 4.43. The molecule has 0 aromatic rings. The Bertz CT molecular complexity index is 226. The maximum Gasteiger partial charge on any atom is 0.222 e. The number of carbonyl (C=O) groups is 1. The highest BCUT2D eigenvalue weighted by Crippen LogP contribution is 1.98. The van der Waals surface area contributed by atoms with E-state index >= 15 is 0 Å². The minimum atomic E-state index is 0.0661. The Morgan fingerprint density at radius 2 is 1.45 bits per heavy atom. The third-order valence-corrected chi connectivity index (χ3v) is 2.78. The van der Waals surface area contributed by atoms with Crippen molar-refractivity contribution in [2.24, 2.45) is 5.92 Å². The van der Waals surface area contributed by atoms with Crippen LogP contribution in [0.5, 0.6) is 0 Å². The SMILES string of the molecule is CCC(C)C(=O)NCCOCCOCCOCCOC. The molecule has 120 valence electrons. The molecule has 0 radical (unpaired) electrons. The summed E-state index contributed by atoms with van der Waals surface area (Å²) in [7, 11) is 1.64. The summed E-state index contributed by atoms with van der Waals surface area (Å²) < 4.78 is 20.7.